The first-order chi connectivity index (χ1) is 9.08. The van der Waals surface area contributed by atoms with Crippen LogP contribution in [-0.2, 0) is 4.79 Å². The highest BCUT2D eigenvalue weighted by atomic mass is 35.5. The molecule has 6 heteroatoms. The number of benzene rings is 1. The number of hydrogen-bond donors (Lipinski definition) is 1. The standard InChI is InChI=1S/C13H15ClFNOS2/c1-8(9-2-3-11(15)10(14)6-9)16-13(17)12-7-18-4-5-19-12/h2-3,6,8,12H,4-5,7H2,1H3,(H,16,17). The zero-order valence-corrected chi connectivity index (χ0v) is 12.9. The SMILES string of the molecule is CC(NC(=O)C1CSCCS1)c1ccc(F)c(Cl)c1. The minimum atomic E-state index is -0.442. The molecule has 0 spiro atoms. The summed E-state index contributed by atoms with van der Waals surface area (Å²) in [6.45, 7) is 1.88. The van der Waals surface area contributed by atoms with Gasteiger partial charge in [0.2, 0.25) is 5.91 Å². The maximum atomic E-state index is 13.1. The van der Waals surface area contributed by atoms with Crippen LogP contribution in [0.15, 0.2) is 18.2 Å². The molecule has 2 atom stereocenters. The van der Waals surface area contributed by atoms with Crippen LogP contribution in [-0.4, -0.2) is 28.4 Å². The third-order valence-electron chi connectivity index (χ3n) is 2.91. The number of carbonyl (C=O) groups is 1. The molecule has 1 heterocycles. The molecule has 19 heavy (non-hydrogen) atoms. The van der Waals surface area contributed by atoms with Gasteiger partial charge in [0.25, 0.3) is 0 Å². The summed E-state index contributed by atoms with van der Waals surface area (Å²) < 4.78 is 13.1. The fourth-order valence-electron chi connectivity index (χ4n) is 1.81. The summed E-state index contributed by atoms with van der Waals surface area (Å²) in [5.74, 6) is 2.58. The molecule has 1 saturated heterocycles. The van der Waals surface area contributed by atoms with Crippen LogP contribution < -0.4 is 5.32 Å². The molecule has 0 saturated carbocycles. The van der Waals surface area contributed by atoms with E-state index in [1.807, 2.05) is 6.92 Å². The van der Waals surface area contributed by atoms with Crippen LogP contribution in [0.1, 0.15) is 18.5 Å². The van der Waals surface area contributed by atoms with Gasteiger partial charge in [0.15, 0.2) is 0 Å². The molecule has 1 N–H and O–H groups in total. The van der Waals surface area contributed by atoms with Crippen molar-refractivity contribution < 1.29 is 9.18 Å². The second-order valence-electron chi connectivity index (χ2n) is 4.34. The average molecular weight is 320 g/mol. The van der Waals surface area contributed by atoms with E-state index in [2.05, 4.69) is 5.32 Å². The van der Waals surface area contributed by atoms with E-state index < -0.39 is 5.82 Å². The summed E-state index contributed by atoms with van der Waals surface area (Å²) in [6, 6.07) is 4.36. The fourth-order valence-corrected chi connectivity index (χ4v) is 4.57. The summed E-state index contributed by atoms with van der Waals surface area (Å²) in [4.78, 5) is 12.1. The average Bonchev–Trinajstić information content (AvgIpc) is 2.42. The lowest BCUT2D eigenvalue weighted by Crippen LogP contribution is -2.37. The van der Waals surface area contributed by atoms with Crippen LogP contribution in [0.25, 0.3) is 0 Å². The van der Waals surface area contributed by atoms with E-state index in [9.17, 15) is 9.18 Å². The van der Waals surface area contributed by atoms with E-state index >= 15 is 0 Å². The first-order valence-corrected chi connectivity index (χ1v) is 8.60. The van der Waals surface area contributed by atoms with Gasteiger partial charge in [0.05, 0.1) is 16.3 Å². The monoisotopic (exact) mass is 319 g/mol. The molecule has 1 amide bonds. The van der Waals surface area contributed by atoms with Crippen molar-refractivity contribution in [3.8, 4) is 0 Å². The lowest BCUT2D eigenvalue weighted by atomic mass is 10.1. The largest absolute Gasteiger partial charge is 0.349 e. The molecule has 1 aromatic carbocycles. The Bertz CT molecular complexity index is 466. The van der Waals surface area contributed by atoms with Crippen molar-refractivity contribution in [1.29, 1.82) is 0 Å². The first kappa shape index (κ1) is 15.0. The predicted octanol–water partition coefficient (Wildman–Crippen LogP) is 3.50. The van der Waals surface area contributed by atoms with E-state index in [4.69, 9.17) is 11.6 Å². The molecule has 0 bridgehead atoms. The zero-order chi connectivity index (χ0) is 13.8. The predicted molar refractivity (Wildman–Crippen MR) is 81.5 cm³/mol. The molecule has 1 aromatic rings. The van der Waals surface area contributed by atoms with Gasteiger partial charge in [-0.1, -0.05) is 17.7 Å². The van der Waals surface area contributed by atoms with Crippen LogP contribution in [0.5, 0.6) is 0 Å². The number of amides is 1. The Morgan fingerprint density at radius 1 is 1.53 bits per heavy atom. The Morgan fingerprint density at radius 2 is 2.32 bits per heavy atom. The van der Waals surface area contributed by atoms with Crippen LogP contribution in [0.4, 0.5) is 4.39 Å². The van der Waals surface area contributed by atoms with E-state index in [0.29, 0.717) is 0 Å². The van der Waals surface area contributed by atoms with Crippen LogP contribution in [0.2, 0.25) is 5.02 Å². The quantitative estimate of drug-likeness (QED) is 0.924. The van der Waals surface area contributed by atoms with Gasteiger partial charge in [0, 0.05) is 17.3 Å². The van der Waals surface area contributed by atoms with Gasteiger partial charge in [-0.3, -0.25) is 4.79 Å². The summed E-state index contributed by atoms with van der Waals surface area (Å²) in [5, 5.41) is 3.05. The van der Waals surface area contributed by atoms with Crippen molar-refractivity contribution in [2.24, 2.45) is 0 Å². The maximum absolute atomic E-state index is 13.1. The van der Waals surface area contributed by atoms with Gasteiger partial charge in [-0.2, -0.15) is 11.8 Å². The highest BCUT2D eigenvalue weighted by molar-refractivity contribution is 8.07. The second kappa shape index (κ2) is 6.86. The van der Waals surface area contributed by atoms with Crippen LogP contribution in [0.3, 0.4) is 0 Å². The highest BCUT2D eigenvalue weighted by Gasteiger charge is 2.23. The molecule has 2 unspecified atom stereocenters. The number of halogens is 2. The molecule has 2 rings (SSSR count). The first-order valence-electron chi connectivity index (χ1n) is 6.02. The molecule has 2 nitrogen and oxygen atoms in total. The van der Waals surface area contributed by atoms with Gasteiger partial charge in [-0.15, -0.1) is 11.8 Å². The Kier molecular flexibility index (Phi) is 5.42. The molecule has 104 valence electrons. The van der Waals surface area contributed by atoms with Crippen molar-refractivity contribution in [1.82, 2.24) is 5.32 Å². The topological polar surface area (TPSA) is 29.1 Å². The Balaban J connectivity index is 1.97. The fraction of sp³-hybridized carbons (Fsp3) is 0.462. The molecular formula is C13H15ClFNOS2. The van der Waals surface area contributed by atoms with Crippen LogP contribution >= 0.6 is 35.1 Å². The van der Waals surface area contributed by atoms with Crippen molar-refractivity contribution in [3.63, 3.8) is 0 Å². The van der Waals surface area contributed by atoms with Gasteiger partial charge in [-0.05, 0) is 24.6 Å². The number of hydrogen-bond acceptors (Lipinski definition) is 3. The molecule has 1 fully saturated rings. The molecule has 0 aliphatic carbocycles. The Hall–Kier alpha value is -0.390. The minimum Gasteiger partial charge on any atom is -0.349 e. The number of thioether (sulfide) groups is 2. The van der Waals surface area contributed by atoms with Crippen molar-refractivity contribution >= 4 is 41.0 Å². The minimum absolute atomic E-state index is 0.0112. The summed E-state index contributed by atoms with van der Waals surface area (Å²) in [5.41, 5.74) is 0.813. The molecule has 1 aliphatic rings. The summed E-state index contributed by atoms with van der Waals surface area (Å²) >= 11 is 9.25. The Morgan fingerprint density at radius 3 is 2.95 bits per heavy atom. The molecule has 0 aromatic heterocycles. The van der Waals surface area contributed by atoms with E-state index in [1.165, 1.54) is 6.07 Å². The second-order valence-corrected chi connectivity index (χ2v) is 7.21. The Labute approximate surface area is 125 Å². The van der Waals surface area contributed by atoms with Gasteiger partial charge in [-0.25, -0.2) is 4.39 Å². The van der Waals surface area contributed by atoms with Crippen molar-refractivity contribution in [2.75, 3.05) is 17.3 Å². The number of carbonyl (C=O) groups excluding carboxylic acids is 1. The van der Waals surface area contributed by atoms with Gasteiger partial charge in [0.1, 0.15) is 5.82 Å². The van der Waals surface area contributed by atoms with E-state index in [0.717, 1.165) is 22.8 Å². The third kappa shape index (κ3) is 4.04. The number of nitrogens with one attached hydrogen (secondary N) is 1. The van der Waals surface area contributed by atoms with Crippen molar-refractivity contribution in [2.45, 2.75) is 18.2 Å². The molecule has 1 aliphatic heterocycles. The summed E-state index contributed by atoms with van der Waals surface area (Å²) in [6.07, 6.45) is 0. The highest BCUT2D eigenvalue weighted by Crippen LogP contribution is 2.25. The van der Waals surface area contributed by atoms with Crippen molar-refractivity contribution in [3.05, 3.63) is 34.6 Å². The third-order valence-corrected chi connectivity index (χ3v) is 5.95. The van der Waals surface area contributed by atoms with E-state index in [1.54, 1.807) is 35.7 Å². The van der Waals surface area contributed by atoms with Gasteiger partial charge >= 0.3 is 0 Å². The van der Waals surface area contributed by atoms with Crippen LogP contribution in [0, 0.1) is 5.82 Å². The molecular weight excluding hydrogens is 305 g/mol. The smallest absolute Gasteiger partial charge is 0.234 e. The van der Waals surface area contributed by atoms with Gasteiger partial charge < -0.3 is 5.32 Å². The number of rotatable bonds is 3. The van der Waals surface area contributed by atoms with E-state index in [-0.39, 0.29) is 22.2 Å². The zero-order valence-electron chi connectivity index (χ0n) is 10.5. The lowest BCUT2D eigenvalue weighted by molar-refractivity contribution is -0.120. The normalized spacial score (nSPS) is 20.9. The molecule has 0 radical (unpaired) electrons. The maximum Gasteiger partial charge on any atom is 0.234 e. The lowest BCUT2D eigenvalue weighted by Gasteiger charge is -2.23. The summed E-state index contributed by atoms with van der Waals surface area (Å²) in [7, 11) is 0.